The topological polar surface area (TPSA) is 92.6 Å². The summed E-state index contributed by atoms with van der Waals surface area (Å²) in [5.41, 5.74) is 0.466. The Morgan fingerprint density at radius 2 is 1.89 bits per heavy atom. The summed E-state index contributed by atoms with van der Waals surface area (Å²) in [5.74, 6) is -0.400. The van der Waals surface area contributed by atoms with Gasteiger partial charge in [0, 0.05) is 25.2 Å². The van der Waals surface area contributed by atoms with Crippen molar-refractivity contribution in [3.8, 4) is 0 Å². The van der Waals surface area contributed by atoms with Crippen molar-refractivity contribution in [3.63, 3.8) is 0 Å². The normalized spacial score (nSPS) is 16.2. The highest BCUT2D eigenvalue weighted by Crippen LogP contribution is 2.32. The van der Waals surface area contributed by atoms with E-state index in [2.05, 4.69) is 5.32 Å². The van der Waals surface area contributed by atoms with Gasteiger partial charge in [-0.2, -0.15) is 4.31 Å². The van der Waals surface area contributed by atoms with Crippen molar-refractivity contribution in [1.82, 2.24) is 4.31 Å². The monoisotopic (exact) mass is 393 g/mol. The predicted molar refractivity (Wildman–Crippen MR) is 99.5 cm³/mol. The molecule has 1 saturated heterocycles. The van der Waals surface area contributed by atoms with Gasteiger partial charge in [-0.1, -0.05) is 12.1 Å². The van der Waals surface area contributed by atoms with E-state index in [4.69, 9.17) is 0 Å². The third kappa shape index (κ3) is 4.09. The number of hydrogen-bond acceptors (Lipinski definition) is 5. The summed E-state index contributed by atoms with van der Waals surface area (Å²) in [5, 5.41) is 14.5. The molecule has 0 aliphatic carbocycles. The largest absolute Gasteiger partial charge is 0.373 e. The number of sulfonamides is 1. The second-order valence-electron chi connectivity index (χ2n) is 6.47. The third-order valence-corrected chi connectivity index (χ3v) is 6.48. The van der Waals surface area contributed by atoms with E-state index in [0.717, 1.165) is 18.9 Å². The molecule has 144 valence electrons. The number of rotatable bonds is 6. The lowest BCUT2D eigenvalue weighted by Crippen LogP contribution is -2.27. The lowest BCUT2D eigenvalue weighted by Gasteiger charge is -2.18. The van der Waals surface area contributed by atoms with Crippen LogP contribution < -0.4 is 5.32 Å². The molecule has 1 N–H and O–H groups in total. The second-order valence-corrected chi connectivity index (χ2v) is 8.41. The molecule has 0 aromatic heterocycles. The summed E-state index contributed by atoms with van der Waals surface area (Å²) in [4.78, 5) is 10.8. The first kappa shape index (κ1) is 19.2. The molecule has 0 amide bonds. The van der Waals surface area contributed by atoms with Crippen molar-refractivity contribution in [1.29, 1.82) is 0 Å². The molecule has 9 heteroatoms. The zero-order valence-corrected chi connectivity index (χ0v) is 15.6. The first-order valence-electron chi connectivity index (χ1n) is 8.59. The van der Waals surface area contributed by atoms with E-state index in [1.165, 1.54) is 28.6 Å². The van der Waals surface area contributed by atoms with Gasteiger partial charge in [-0.05, 0) is 49.6 Å². The number of nitro benzene ring substituents is 1. The molecule has 1 aliphatic heterocycles. The molecule has 0 saturated carbocycles. The number of nitrogens with zero attached hydrogens (tertiary/aromatic N) is 2. The molecule has 1 aliphatic rings. The Balaban J connectivity index is 1.91. The average Bonchev–Trinajstić information content (AvgIpc) is 3.17. The van der Waals surface area contributed by atoms with Crippen LogP contribution in [-0.2, 0) is 10.0 Å². The minimum absolute atomic E-state index is 0.0972. The molecule has 3 rings (SSSR count). The maximum atomic E-state index is 13.4. The van der Waals surface area contributed by atoms with Crippen LogP contribution in [0.3, 0.4) is 0 Å². The number of nitrogens with one attached hydrogen (secondary N) is 1. The number of halogens is 1. The maximum absolute atomic E-state index is 13.4. The molecular formula is C18H20FN3O4S. The van der Waals surface area contributed by atoms with Gasteiger partial charge >= 0.3 is 0 Å². The van der Waals surface area contributed by atoms with Crippen molar-refractivity contribution in [3.05, 3.63) is 64.0 Å². The second kappa shape index (κ2) is 7.61. The van der Waals surface area contributed by atoms with Crippen LogP contribution in [0.2, 0.25) is 0 Å². The molecule has 1 heterocycles. The van der Waals surface area contributed by atoms with E-state index >= 15 is 0 Å². The van der Waals surface area contributed by atoms with Crippen molar-refractivity contribution in [2.24, 2.45) is 0 Å². The SMILES string of the molecule is C[C@H](Nc1ccc(S(=O)(=O)N2CCCC2)cc1[N+](=O)[O-])c1cccc(F)c1. The highest BCUT2D eigenvalue weighted by Gasteiger charge is 2.29. The minimum atomic E-state index is -3.75. The van der Waals surface area contributed by atoms with Crippen LogP contribution in [-0.4, -0.2) is 30.7 Å². The van der Waals surface area contributed by atoms with E-state index in [1.54, 1.807) is 19.1 Å². The molecule has 27 heavy (non-hydrogen) atoms. The van der Waals surface area contributed by atoms with Crippen LogP contribution in [0.5, 0.6) is 0 Å². The quantitative estimate of drug-likeness (QED) is 0.597. The lowest BCUT2D eigenvalue weighted by atomic mass is 10.1. The smallest absolute Gasteiger partial charge is 0.293 e. The Morgan fingerprint density at radius 3 is 2.52 bits per heavy atom. The van der Waals surface area contributed by atoms with Crippen LogP contribution in [0.1, 0.15) is 31.4 Å². The number of nitro groups is 1. The average molecular weight is 393 g/mol. The predicted octanol–water partition coefficient (Wildman–Crippen LogP) is 3.69. The third-order valence-electron chi connectivity index (χ3n) is 4.59. The highest BCUT2D eigenvalue weighted by atomic mass is 32.2. The highest BCUT2D eigenvalue weighted by molar-refractivity contribution is 7.89. The first-order valence-corrected chi connectivity index (χ1v) is 10.0. The van der Waals surface area contributed by atoms with Crippen LogP contribution in [0.25, 0.3) is 0 Å². The summed E-state index contributed by atoms with van der Waals surface area (Å²) in [7, 11) is -3.75. The van der Waals surface area contributed by atoms with Crippen LogP contribution in [0.4, 0.5) is 15.8 Å². The summed E-state index contributed by atoms with van der Waals surface area (Å²) in [6.45, 7) is 2.59. The van der Waals surface area contributed by atoms with E-state index < -0.39 is 26.8 Å². The maximum Gasteiger partial charge on any atom is 0.293 e. The van der Waals surface area contributed by atoms with Gasteiger partial charge in [-0.25, -0.2) is 12.8 Å². The minimum Gasteiger partial charge on any atom is -0.373 e. The Hall–Kier alpha value is -2.52. The van der Waals surface area contributed by atoms with Gasteiger partial charge in [0.25, 0.3) is 5.69 Å². The van der Waals surface area contributed by atoms with Crippen LogP contribution in [0, 0.1) is 15.9 Å². The van der Waals surface area contributed by atoms with Crippen molar-refractivity contribution in [2.75, 3.05) is 18.4 Å². The van der Waals surface area contributed by atoms with Gasteiger partial charge in [0.05, 0.1) is 9.82 Å². The molecule has 0 radical (unpaired) electrons. The first-order chi connectivity index (χ1) is 12.8. The molecule has 2 aromatic carbocycles. The van der Waals surface area contributed by atoms with E-state index in [-0.39, 0.29) is 16.3 Å². The van der Waals surface area contributed by atoms with Crippen LogP contribution >= 0.6 is 0 Å². The number of anilines is 1. The fraction of sp³-hybridized carbons (Fsp3) is 0.333. The summed E-state index contributed by atoms with van der Waals surface area (Å²) >= 11 is 0. The standard InChI is InChI=1S/C18H20FN3O4S/c1-13(14-5-4-6-15(19)11-14)20-17-8-7-16(12-18(17)22(23)24)27(25,26)21-9-2-3-10-21/h4-8,11-13,20H,2-3,9-10H2,1H3/t13-/m0/s1. The van der Waals surface area contributed by atoms with Gasteiger partial charge in [-0.15, -0.1) is 0 Å². The Morgan fingerprint density at radius 1 is 1.19 bits per heavy atom. The van der Waals surface area contributed by atoms with Crippen molar-refractivity contribution >= 4 is 21.4 Å². The molecule has 0 bridgehead atoms. The summed E-state index contributed by atoms with van der Waals surface area (Å²) in [6, 6.07) is 9.35. The zero-order valence-electron chi connectivity index (χ0n) is 14.8. The molecule has 2 aromatic rings. The molecule has 0 unspecified atom stereocenters. The van der Waals surface area contributed by atoms with Gasteiger partial charge in [0.2, 0.25) is 10.0 Å². The fourth-order valence-corrected chi connectivity index (χ4v) is 4.65. The molecule has 7 nitrogen and oxygen atoms in total. The van der Waals surface area contributed by atoms with Gasteiger partial charge in [0.15, 0.2) is 0 Å². The summed E-state index contributed by atoms with van der Waals surface area (Å²) < 4.78 is 40.0. The number of benzene rings is 2. The molecule has 0 spiro atoms. The summed E-state index contributed by atoms with van der Waals surface area (Å²) in [6.07, 6.45) is 1.57. The van der Waals surface area contributed by atoms with Gasteiger partial charge < -0.3 is 5.32 Å². The van der Waals surface area contributed by atoms with E-state index in [1.807, 2.05) is 0 Å². The van der Waals surface area contributed by atoms with Gasteiger partial charge in [0.1, 0.15) is 11.5 Å². The molecule has 1 atom stereocenters. The Bertz CT molecular complexity index is 959. The van der Waals surface area contributed by atoms with Crippen molar-refractivity contribution < 1.29 is 17.7 Å². The van der Waals surface area contributed by atoms with E-state index in [0.29, 0.717) is 18.7 Å². The van der Waals surface area contributed by atoms with E-state index in [9.17, 15) is 22.9 Å². The van der Waals surface area contributed by atoms with Crippen molar-refractivity contribution in [2.45, 2.75) is 30.7 Å². The number of hydrogen-bond donors (Lipinski definition) is 1. The Labute approximate surface area is 157 Å². The molecular weight excluding hydrogens is 373 g/mol. The lowest BCUT2D eigenvalue weighted by molar-refractivity contribution is -0.384. The molecule has 1 fully saturated rings. The zero-order chi connectivity index (χ0) is 19.6. The van der Waals surface area contributed by atoms with Gasteiger partial charge in [-0.3, -0.25) is 10.1 Å². The Kier molecular flexibility index (Phi) is 5.43. The van der Waals surface area contributed by atoms with Crippen LogP contribution in [0.15, 0.2) is 47.4 Å². The fourth-order valence-electron chi connectivity index (χ4n) is 3.12.